The van der Waals surface area contributed by atoms with Gasteiger partial charge in [-0.3, -0.25) is 9.89 Å². The van der Waals surface area contributed by atoms with Crippen LogP contribution in [0.3, 0.4) is 0 Å². The van der Waals surface area contributed by atoms with Gasteiger partial charge in [-0.2, -0.15) is 5.10 Å². The van der Waals surface area contributed by atoms with Crippen LogP contribution in [-0.2, 0) is 11.3 Å². The number of hydrogen-bond donors (Lipinski definition) is 3. The van der Waals surface area contributed by atoms with E-state index in [-0.39, 0.29) is 30.5 Å². The van der Waals surface area contributed by atoms with Crippen molar-refractivity contribution in [2.45, 2.75) is 25.8 Å². The Labute approximate surface area is 156 Å². The van der Waals surface area contributed by atoms with Crippen molar-refractivity contribution in [2.24, 2.45) is 0 Å². The minimum atomic E-state index is -0.273. The zero-order valence-corrected chi connectivity index (χ0v) is 15.0. The Morgan fingerprint density at radius 2 is 2.08 bits per heavy atom. The van der Waals surface area contributed by atoms with Gasteiger partial charge in [0.25, 0.3) is 0 Å². The van der Waals surface area contributed by atoms with E-state index < -0.39 is 0 Å². The highest BCUT2D eigenvalue weighted by atomic mass is 35.5. The third kappa shape index (κ3) is 4.40. The van der Waals surface area contributed by atoms with Crippen LogP contribution in [0, 0.1) is 6.92 Å². The van der Waals surface area contributed by atoms with E-state index >= 15 is 0 Å². The van der Waals surface area contributed by atoms with Gasteiger partial charge in [0.15, 0.2) is 5.82 Å². The zero-order chi connectivity index (χ0) is 18.5. The molecular formula is C19H19ClN4O2. The zero-order valence-electron chi connectivity index (χ0n) is 14.2. The number of aromatic amines is 1. The number of H-pyrrole nitrogens is 1. The van der Waals surface area contributed by atoms with Crippen LogP contribution in [0.1, 0.15) is 35.1 Å². The van der Waals surface area contributed by atoms with Gasteiger partial charge in [0.2, 0.25) is 5.91 Å². The number of phenolic OH excluding ortho intramolecular Hbond substituents is 1. The van der Waals surface area contributed by atoms with Gasteiger partial charge in [-0.1, -0.05) is 41.9 Å². The third-order valence-electron chi connectivity index (χ3n) is 4.03. The van der Waals surface area contributed by atoms with Crippen LogP contribution in [0.5, 0.6) is 5.75 Å². The van der Waals surface area contributed by atoms with Crippen LogP contribution in [0.15, 0.2) is 48.5 Å². The molecule has 0 saturated heterocycles. The van der Waals surface area contributed by atoms with E-state index in [2.05, 4.69) is 20.5 Å². The van der Waals surface area contributed by atoms with Crippen molar-refractivity contribution in [1.82, 2.24) is 20.5 Å². The van der Waals surface area contributed by atoms with E-state index in [1.807, 2.05) is 24.3 Å². The van der Waals surface area contributed by atoms with Gasteiger partial charge in [0.05, 0.1) is 6.54 Å². The van der Waals surface area contributed by atoms with Gasteiger partial charge >= 0.3 is 0 Å². The molecule has 134 valence electrons. The standard InChI is InChI=1S/C19H19ClN4O2/c1-12-22-18(24-23-12)11-21-19(26)10-16(13-5-4-6-14(25)9-13)15-7-2-3-8-17(15)20/h2-9,16,25H,10-11H2,1H3,(H,21,26)(H,22,23,24). The summed E-state index contributed by atoms with van der Waals surface area (Å²) >= 11 is 6.35. The van der Waals surface area contributed by atoms with E-state index in [1.54, 1.807) is 31.2 Å². The molecule has 1 unspecified atom stereocenters. The van der Waals surface area contributed by atoms with Crippen LogP contribution in [0.4, 0.5) is 0 Å². The molecule has 0 saturated carbocycles. The molecule has 0 aliphatic heterocycles. The molecule has 0 aliphatic carbocycles. The van der Waals surface area contributed by atoms with Crippen molar-refractivity contribution in [3.8, 4) is 5.75 Å². The van der Waals surface area contributed by atoms with Crippen molar-refractivity contribution in [2.75, 3.05) is 0 Å². The SMILES string of the molecule is Cc1nc(CNC(=O)CC(c2cccc(O)c2)c2ccccc2Cl)n[nH]1. The van der Waals surface area contributed by atoms with E-state index in [0.717, 1.165) is 11.1 Å². The quantitative estimate of drug-likeness (QED) is 0.620. The molecule has 1 aromatic heterocycles. The summed E-state index contributed by atoms with van der Waals surface area (Å²) in [4.78, 5) is 16.7. The molecule has 2 aromatic carbocycles. The average molecular weight is 371 g/mol. The van der Waals surface area contributed by atoms with Gasteiger partial charge in [-0.05, 0) is 36.2 Å². The lowest BCUT2D eigenvalue weighted by Gasteiger charge is -2.19. The Hall–Kier alpha value is -2.86. The molecule has 0 radical (unpaired) electrons. The molecular weight excluding hydrogens is 352 g/mol. The topological polar surface area (TPSA) is 90.9 Å². The molecule has 1 amide bonds. The number of rotatable bonds is 6. The second-order valence-electron chi connectivity index (χ2n) is 5.99. The number of nitrogens with zero attached hydrogens (tertiary/aromatic N) is 2. The first-order valence-electron chi connectivity index (χ1n) is 8.21. The molecule has 1 atom stereocenters. The summed E-state index contributed by atoms with van der Waals surface area (Å²) < 4.78 is 0. The van der Waals surface area contributed by atoms with E-state index in [9.17, 15) is 9.90 Å². The first-order valence-corrected chi connectivity index (χ1v) is 8.58. The maximum atomic E-state index is 12.5. The van der Waals surface area contributed by atoms with Gasteiger partial charge in [-0.25, -0.2) is 4.98 Å². The number of carbonyl (C=O) groups excluding carboxylic acids is 1. The summed E-state index contributed by atoms with van der Waals surface area (Å²) in [6, 6.07) is 14.3. The summed E-state index contributed by atoms with van der Waals surface area (Å²) in [5.41, 5.74) is 1.66. The Balaban J connectivity index is 1.79. The van der Waals surface area contributed by atoms with Crippen LogP contribution in [-0.4, -0.2) is 26.2 Å². The number of aromatic hydroxyl groups is 1. The lowest BCUT2D eigenvalue weighted by molar-refractivity contribution is -0.121. The molecule has 1 heterocycles. The van der Waals surface area contributed by atoms with E-state index in [0.29, 0.717) is 16.7 Å². The minimum absolute atomic E-state index is 0.149. The van der Waals surface area contributed by atoms with Gasteiger partial charge in [-0.15, -0.1) is 0 Å². The predicted molar refractivity (Wildman–Crippen MR) is 99.0 cm³/mol. The summed E-state index contributed by atoms with van der Waals surface area (Å²) in [5.74, 6) is 0.951. The maximum absolute atomic E-state index is 12.5. The van der Waals surface area contributed by atoms with Crippen LogP contribution in [0.2, 0.25) is 5.02 Å². The molecule has 3 aromatic rings. The lowest BCUT2D eigenvalue weighted by Crippen LogP contribution is -2.25. The number of phenols is 1. The number of aromatic nitrogens is 3. The molecule has 0 bridgehead atoms. The number of carbonyl (C=O) groups is 1. The summed E-state index contributed by atoms with van der Waals surface area (Å²) in [6.45, 7) is 2.05. The molecule has 0 spiro atoms. The highest BCUT2D eigenvalue weighted by Crippen LogP contribution is 2.34. The van der Waals surface area contributed by atoms with Crippen molar-refractivity contribution in [3.05, 3.63) is 76.3 Å². The smallest absolute Gasteiger partial charge is 0.221 e. The van der Waals surface area contributed by atoms with Gasteiger partial charge < -0.3 is 10.4 Å². The van der Waals surface area contributed by atoms with Crippen LogP contribution in [0.25, 0.3) is 0 Å². The summed E-state index contributed by atoms with van der Waals surface area (Å²) in [5, 5.41) is 20.0. The lowest BCUT2D eigenvalue weighted by atomic mass is 9.88. The molecule has 3 rings (SSSR count). The number of halogens is 1. The molecule has 0 aliphatic rings. The normalized spacial score (nSPS) is 11.9. The van der Waals surface area contributed by atoms with Gasteiger partial charge in [0.1, 0.15) is 11.6 Å². The fourth-order valence-electron chi connectivity index (χ4n) is 2.81. The van der Waals surface area contributed by atoms with Crippen molar-refractivity contribution < 1.29 is 9.90 Å². The van der Waals surface area contributed by atoms with Crippen LogP contribution >= 0.6 is 11.6 Å². The number of benzene rings is 2. The minimum Gasteiger partial charge on any atom is -0.508 e. The Morgan fingerprint density at radius 3 is 2.77 bits per heavy atom. The predicted octanol–water partition coefficient (Wildman–Crippen LogP) is 3.31. The second-order valence-corrected chi connectivity index (χ2v) is 6.39. The van der Waals surface area contributed by atoms with Crippen molar-refractivity contribution >= 4 is 17.5 Å². The van der Waals surface area contributed by atoms with E-state index in [4.69, 9.17) is 11.6 Å². The number of amides is 1. The average Bonchev–Trinajstić information content (AvgIpc) is 3.04. The highest BCUT2D eigenvalue weighted by molar-refractivity contribution is 6.31. The largest absolute Gasteiger partial charge is 0.508 e. The van der Waals surface area contributed by atoms with Crippen LogP contribution < -0.4 is 5.32 Å². The molecule has 0 fully saturated rings. The Bertz CT molecular complexity index is 910. The summed E-state index contributed by atoms with van der Waals surface area (Å²) in [7, 11) is 0. The second kappa shape index (κ2) is 8.01. The molecule has 7 heteroatoms. The molecule has 6 nitrogen and oxygen atoms in total. The fourth-order valence-corrected chi connectivity index (χ4v) is 3.08. The Morgan fingerprint density at radius 1 is 1.27 bits per heavy atom. The monoisotopic (exact) mass is 370 g/mol. The molecule has 26 heavy (non-hydrogen) atoms. The van der Waals surface area contributed by atoms with E-state index in [1.165, 1.54) is 0 Å². The third-order valence-corrected chi connectivity index (χ3v) is 4.37. The number of nitrogens with one attached hydrogen (secondary N) is 2. The first-order chi connectivity index (χ1) is 12.5. The highest BCUT2D eigenvalue weighted by Gasteiger charge is 2.21. The number of aryl methyl sites for hydroxylation is 1. The number of hydrogen-bond acceptors (Lipinski definition) is 4. The van der Waals surface area contributed by atoms with Gasteiger partial charge in [0, 0.05) is 17.4 Å². The molecule has 3 N–H and O–H groups in total. The Kier molecular flexibility index (Phi) is 5.53. The maximum Gasteiger partial charge on any atom is 0.221 e. The summed E-state index contributed by atoms with van der Waals surface area (Å²) in [6.07, 6.45) is 0.191. The first kappa shape index (κ1) is 17.9. The van der Waals surface area contributed by atoms with Crippen molar-refractivity contribution in [1.29, 1.82) is 0 Å². The van der Waals surface area contributed by atoms with Crippen molar-refractivity contribution in [3.63, 3.8) is 0 Å². The fraction of sp³-hybridized carbons (Fsp3) is 0.211.